The van der Waals surface area contributed by atoms with E-state index in [9.17, 15) is 0 Å². The monoisotopic (exact) mass is 212 g/mol. The lowest BCUT2D eigenvalue weighted by atomic mass is 10.1. The molecule has 1 N–H and O–H groups in total. The first-order chi connectivity index (χ1) is 7.38. The molecule has 2 aliphatic rings. The van der Waals surface area contributed by atoms with Crippen molar-refractivity contribution in [3.05, 3.63) is 0 Å². The molecule has 15 heavy (non-hydrogen) atoms. The van der Waals surface area contributed by atoms with Gasteiger partial charge in [0.25, 0.3) is 0 Å². The lowest BCUT2D eigenvalue weighted by Crippen LogP contribution is -2.27. The molecule has 3 nitrogen and oxygen atoms in total. The number of ether oxygens (including phenoxy) is 1. The Labute approximate surface area is 93.2 Å². The third-order valence-corrected chi connectivity index (χ3v) is 3.43. The van der Waals surface area contributed by atoms with Gasteiger partial charge in [-0.2, -0.15) is 0 Å². The molecule has 0 amide bonds. The molecule has 0 aromatic rings. The number of likely N-dealkylation sites (tertiary alicyclic amines) is 1. The SMILES string of the molecule is COCC1CCN(CCCNC2CC2)C1. The van der Waals surface area contributed by atoms with Crippen LogP contribution in [-0.4, -0.2) is 50.8 Å². The van der Waals surface area contributed by atoms with Crippen LogP contribution < -0.4 is 5.32 Å². The molecule has 1 saturated heterocycles. The van der Waals surface area contributed by atoms with Crippen molar-refractivity contribution in [2.45, 2.75) is 31.7 Å². The predicted octanol–water partition coefficient (Wildman–Crippen LogP) is 1.10. The summed E-state index contributed by atoms with van der Waals surface area (Å²) in [5.41, 5.74) is 0. The predicted molar refractivity (Wildman–Crippen MR) is 62.1 cm³/mol. The number of nitrogens with one attached hydrogen (secondary N) is 1. The summed E-state index contributed by atoms with van der Waals surface area (Å²) in [6, 6.07) is 0.866. The van der Waals surface area contributed by atoms with Gasteiger partial charge in [0.05, 0.1) is 6.61 Å². The van der Waals surface area contributed by atoms with Crippen LogP contribution in [0.2, 0.25) is 0 Å². The number of nitrogens with zero attached hydrogens (tertiary/aromatic N) is 1. The van der Waals surface area contributed by atoms with E-state index in [2.05, 4.69) is 10.2 Å². The fourth-order valence-electron chi connectivity index (χ4n) is 2.38. The topological polar surface area (TPSA) is 24.5 Å². The lowest BCUT2D eigenvalue weighted by Gasteiger charge is -2.15. The van der Waals surface area contributed by atoms with Gasteiger partial charge >= 0.3 is 0 Å². The summed E-state index contributed by atoms with van der Waals surface area (Å²) >= 11 is 0. The Morgan fingerprint density at radius 1 is 1.33 bits per heavy atom. The Bertz CT molecular complexity index is 182. The molecule has 2 fully saturated rings. The highest BCUT2D eigenvalue weighted by molar-refractivity contribution is 4.81. The minimum absolute atomic E-state index is 0.784. The maximum Gasteiger partial charge on any atom is 0.0503 e. The van der Waals surface area contributed by atoms with Gasteiger partial charge in [-0.25, -0.2) is 0 Å². The number of hydrogen-bond acceptors (Lipinski definition) is 3. The molecule has 1 unspecified atom stereocenters. The molecular formula is C12H24N2O. The maximum absolute atomic E-state index is 5.20. The second-order valence-electron chi connectivity index (χ2n) is 4.99. The first-order valence-electron chi connectivity index (χ1n) is 6.33. The van der Waals surface area contributed by atoms with Crippen molar-refractivity contribution in [2.24, 2.45) is 5.92 Å². The summed E-state index contributed by atoms with van der Waals surface area (Å²) in [5.74, 6) is 0.784. The molecule has 1 atom stereocenters. The second kappa shape index (κ2) is 5.83. The molecule has 88 valence electrons. The summed E-state index contributed by atoms with van der Waals surface area (Å²) in [4.78, 5) is 2.58. The average Bonchev–Trinajstić information content (AvgIpc) is 2.95. The lowest BCUT2D eigenvalue weighted by molar-refractivity contribution is 0.153. The van der Waals surface area contributed by atoms with E-state index in [1.165, 1.54) is 51.9 Å². The van der Waals surface area contributed by atoms with Gasteiger partial charge in [-0.05, 0) is 51.2 Å². The Hall–Kier alpha value is -0.120. The smallest absolute Gasteiger partial charge is 0.0503 e. The van der Waals surface area contributed by atoms with Crippen LogP contribution in [0.3, 0.4) is 0 Å². The van der Waals surface area contributed by atoms with E-state index in [0.717, 1.165) is 18.6 Å². The summed E-state index contributed by atoms with van der Waals surface area (Å²) in [5, 5.41) is 3.57. The highest BCUT2D eigenvalue weighted by Gasteiger charge is 2.22. The van der Waals surface area contributed by atoms with Crippen LogP contribution >= 0.6 is 0 Å². The molecule has 1 aliphatic carbocycles. The highest BCUT2D eigenvalue weighted by Crippen LogP contribution is 2.19. The zero-order chi connectivity index (χ0) is 10.5. The van der Waals surface area contributed by atoms with Gasteiger partial charge in [-0.3, -0.25) is 0 Å². The van der Waals surface area contributed by atoms with Crippen molar-refractivity contribution >= 4 is 0 Å². The molecule has 1 aliphatic heterocycles. The van der Waals surface area contributed by atoms with E-state index in [1.807, 2.05) is 7.11 Å². The van der Waals surface area contributed by atoms with Crippen molar-refractivity contribution < 1.29 is 4.74 Å². The van der Waals surface area contributed by atoms with Gasteiger partial charge < -0.3 is 15.0 Å². The number of rotatable bonds is 7. The molecule has 0 spiro atoms. The zero-order valence-electron chi connectivity index (χ0n) is 9.87. The second-order valence-corrected chi connectivity index (χ2v) is 4.99. The highest BCUT2D eigenvalue weighted by atomic mass is 16.5. The van der Waals surface area contributed by atoms with Crippen LogP contribution in [0.4, 0.5) is 0 Å². The van der Waals surface area contributed by atoms with Gasteiger partial charge in [-0.15, -0.1) is 0 Å². The van der Waals surface area contributed by atoms with Crippen LogP contribution in [0.15, 0.2) is 0 Å². The molecule has 0 bridgehead atoms. The summed E-state index contributed by atoms with van der Waals surface area (Å²) in [6.07, 6.45) is 5.43. The van der Waals surface area contributed by atoms with Crippen LogP contribution in [0, 0.1) is 5.92 Å². The number of hydrogen-bond donors (Lipinski definition) is 1. The molecule has 0 aromatic heterocycles. The van der Waals surface area contributed by atoms with Crippen molar-refractivity contribution in [2.75, 3.05) is 39.9 Å². The molecule has 1 saturated carbocycles. The Balaban J connectivity index is 1.48. The minimum atomic E-state index is 0.784. The Morgan fingerprint density at radius 2 is 2.20 bits per heavy atom. The quantitative estimate of drug-likeness (QED) is 0.640. The standard InChI is InChI=1S/C12H24N2O/c1-15-10-11-5-8-14(9-11)7-2-6-13-12-3-4-12/h11-13H,2-10H2,1H3. The van der Waals surface area contributed by atoms with Gasteiger partial charge in [0.1, 0.15) is 0 Å². The van der Waals surface area contributed by atoms with E-state index in [0.29, 0.717) is 0 Å². The van der Waals surface area contributed by atoms with E-state index >= 15 is 0 Å². The van der Waals surface area contributed by atoms with Crippen molar-refractivity contribution in [3.8, 4) is 0 Å². The third-order valence-electron chi connectivity index (χ3n) is 3.43. The largest absolute Gasteiger partial charge is 0.384 e. The van der Waals surface area contributed by atoms with Crippen LogP contribution in [0.25, 0.3) is 0 Å². The first kappa shape index (κ1) is 11.4. The molecule has 3 heteroatoms. The zero-order valence-corrected chi connectivity index (χ0v) is 9.87. The third kappa shape index (κ3) is 4.09. The fourth-order valence-corrected chi connectivity index (χ4v) is 2.38. The molecular weight excluding hydrogens is 188 g/mol. The van der Waals surface area contributed by atoms with E-state index in [-0.39, 0.29) is 0 Å². The van der Waals surface area contributed by atoms with Crippen molar-refractivity contribution in [1.82, 2.24) is 10.2 Å². The minimum Gasteiger partial charge on any atom is -0.384 e. The van der Waals surface area contributed by atoms with Crippen LogP contribution in [0.1, 0.15) is 25.7 Å². The van der Waals surface area contributed by atoms with Crippen LogP contribution in [-0.2, 0) is 4.74 Å². The first-order valence-corrected chi connectivity index (χ1v) is 6.33. The Kier molecular flexibility index (Phi) is 4.42. The molecule has 1 heterocycles. The summed E-state index contributed by atoms with van der Waals surface area (Å²) < 4.78 is 5.20. The van der Waals surface area contributed by atoms with Gasteiger partial charge in [0, 0.05) is 19.7 Å². The molecule has 2 rings (SSSR count). The average molecular weight is 212 g/mol. The van der Waals surface area contributed by atoms with Crippen molar-refractivity contribution in [1.29, 1.82) is 0 Å². The normalized spacial score (nSPS) is 27.4. The van der Waals surface area contributed by atoms with Crippen LogP contribution in [0.5, 0.6) is 0 Å². The van der Waals surface area contributed by atoms with Gasteiger partial charge in [-0.1, -0.05) is 0 Å². The fraction of sp³-hybridized carbons (Fsp3) is 1.00. The molecule has 0 radical (unpaired) electrons. The summed E-state index contributed by atoms with van der Waals surface area (Å²) in [6.45, 7) is 5.93. The van der Waals surface area contributed by atoms with Crippen molar-refractivity contribution in [3.63, 3.8) is 0 Å². The van der Waals surface area contributed by atoms with Gasteiger partial charge in [0.15, 0.2) is 0 Å². The molecule has 0 aromatic carbocycles. The van der Waals surface area contributed by atoms with Gasteiger partial charge in [0.2, 0.25) is 0 Å². The Morgan fingerprint density at radius 3 is 2.93 bits per heavy atom. The number of methoxy groups -OCH3 is 1. The van der Waals surface area contributed by atoms with E-state index in [4.69, 9.17) is 4.74 Å². The van der Waals surface area contributed by atoms with E-state index < -0.39 is 0 Å². The van der Waals surface area contributed by atoms with E-state index in [1.54, 1.807) is 0 Å². The summed E-state index contributed by atoms with van der Waals surface area (Å²) in [7, 11) is 1.81. The maximum atomic E-state index is 5.20.